The zero-order valence-corrected chi connectivity index (χ0v) is 16.0. The lowest BCUT2D eigenvalue weighted by molar-refractivity contribution is -1.83. The number of halogens is 1. The third-order valence-corrected chi connectivity index (χ3v) is 3.06. The molecule has 0 saturated carbocycles. The van der Waals surface area contributed by atoms with Crippen molar-refractivity contribution in [2.75, 3.05) is 14.2 Å². The number of rotatable bonds is 3. The van der Waals surface area contributed by atoms with Crippen LogP contribution in [0.4, 0.5) is 0 Å². The second-order valence-corrected chi connectivity index (χ2v) is 5.03. The van der Waals surface area contributed by atoms with Gasteiger partial charge in [0, 0.05) is 0 Å². The Morgan fingerprint density at radius 3 is 1.50 bits per heavy atom. The van der Waals surface area contributed by atoms with Crippen LogP contribution in [0, 0.1) is 0 Å². The summed E-state index contributed by atoms with van der Waals surface area (Å²) in [7, 11) is 1.92. The molecule has 4 bridgehead atoms. The van der Waals surface area contributed by atoms with Gasteiger partial charge in [-0.25, -0.2) is 0 Å². The van der Waals surface area contributed by atoms with E-state index in [-0.39, 0.29) is 5.39 Å². The molecule has 0 aromatic carbocycles. The summed E-state index contributed by atoms with van der Waals surface area (Å²) < 4.78 is 4.70. The Morgan fingerprint density at radius 2 is 1.04 bits per heavy atom. The summed E-state index contributed by atoms with van der Waals surface area (Å²) in [6.45, 7) is 0. The highest BCUT2D eigenvalue weighted by atomic mass is 127. The Bertz CT molecular complexity index is 576. The molecule has 0 spiro atoms. The normalized spacial score (nSPS) is 55.0. The average Bonchev–Trinajstić information content (AvgIpc) is 2.49. The Morgan fingerprint density at radius 1 is 0.607 bits per heavy atom. The van der Waals surface area contributed by atoms with Gasteiger partial charge < -0.3 is 0 Å². The molecule has 0 amide bonds. The maximum Gasteiger partial charge on any atom is 0.359 e. The Balaban J connectivity index is 2.15. The second kappa shape index (κ2) is 6.88. The molecule has 3 aliphatic heterocycles. The van der Waals surface area contributed by atoms with Gasteiger partial charge >= 0.3 is 15.2 Å². The molecule has 3 heterocycles. The molecule has 7 unspecified atom stereocenters. The van der Waals surface area contributed by atoms with Gasteiger partial charge in [0.25, 0.3) is 20.6 Å². The molecule has 25 nitrogen and oxygen atoms in total. The molecule has 3 aliphatic rings. The number of nitrogens with two attached hydrogens (primary N) is 6. The van der Waals surface area contributed by atoms with Crippen molar-refractivity contribution in [3.63, 3.8) is 0 Å². The molecule has 3 saturated heterocycles. The van der Waals surface area contributed by atoms with Crippen LogP contribution in [0.2, 0.25) is 0 Å². The fraction of sp³-hybridized carbons (Fsp3) is 1.00. The monoisotopic (exact) mass is 543 g/mol. The van der Waals surface area contributed by atoms with E-state index < -0.39 is 30.5 Å². The highest BCUT2D eigenvalue weighted by Crippen LogP contribution is 2.34. The van der Waals surface area contributed by atoms with E-state index in [0.717, 1.165) is 14.2 Å². The summed E-state index contributed by atoms with van der Waals surface area (Å²) >= 11 is 1.21. The van der Waals surface area contributed by atoms with E-state index >= 15 is 0 Å². The molecular weight excluding hydrogens is 525 g/mol. The van der Waals surface area contributed by atoms with Gasteiger partial charge in [0.05, 0.1) is 14.8 Å². The molecule has 12 N–H and O–H groups in total. The van der Waals surface area contributed by atoms with Crippen LogP contribution in [-0.4, -0.2) is 50.1 Å². The molecule has 0 aliphatic carbocycles. The molecule has 3 rings (SSSR count). The highest BCUT2D eigenvalue weighted by molar-refractivity contribution is 14.1. The van der Waals surface area contributed by atoms with Crippen LogP contribution >= 0.6 is 23.0 Å². The van der Waals surface area contributed by atoms with Gasteiger partial charge in [0.1, 0.15) is 14.2 Å². The van der Waals surface area contributed by atoms with Crippen LogP contribution in [0.3, 0.4) is 0 Å². The summed E-state index contributed by atoms with van der Waals surface area (Å²) in [4.78, 5) is 53.8. The van der Waals surface area contributed by atoms with E-state index in [0.29, 0.717) is 0 Å². The zero-order chi connectivity index (χ0) is 21.1. The highest BCUT2D eigenvalue weighted by Gasteiger charge is 2.81. The Kier molecular flexibility index (Phi) is 5.50. The maximum absolute atomic E-state index is 5.70. The third kappa shape index (κ3) is 4.41. The molecule has 164 valence electrons. The van der Waals surface area contributed by atoms with E-state index in [1.807, 2.05) is 0 Å². The first-order chi connectivity index (χ1) is 12.7. The molecule has 26 heteroatoms. The summed E-state index contributed by atoms with van der Waals surface area (Å²) in [5.74, 6) is 34.0. The summed E-state index contributed by atoms with van der Waals surface area (Å²) in [5, 5.41) is -12.5. The fourth-order valence-electron chi connectivity index (χ4n) is 1.61. The predicted octanol–water partition coefficient (Wildman–Crippen LogP) is -5.50. The first-order valence-electron chi connectivity index (χ1n) is 6.35. The van der Waals surface area contributed by atoms with E-state index in [1.165, 1.54) is 23.0 Å². The van der Waals surface area contributed by atoms with E-state index in [9.17, 15) is 0 Å². The topological polar surface area (TPSA) is 270 Å². The smallest absolute Gasteiger partial charge is 0.107 e. The predicted molar refractivity (Wildman–Crippen MR) is 67.4 cm³/mol. The zero-order valence-electron chi connectivity index (χ0n) is 13.9. The van der Waals surface area contributed by atoms with Gasteiger partial charge in [-0.15, -0.1) is 9.68 Å². The van der Waals surface area contributed by atoms with Crippen molar-refractivity contribution in [3.8, 4) is 0 Å². The SMILES string of the molecule is CO[N+]1(N)ON2O[N+](N)(OI)O[N+]3(N)O[N+](N)(OC)O[N+](N)(O1)O[N+](N)(O2)O3. The molecule has 3 fully saturated rings. The molecule has 0 aromatic heterocycles. The molecule has 7 atom stereocenters. The minimum absolute atomic E-state index is 0.0996. The van der Waals surface area contributed by atoms with Crippen molar-refractivity contribution in [2.45, 2.75) is 0 Å². The number of fused-ring (bicyclic) bond motifs is 3. The minimum atomic E-state index is -2.17. The van der Waals surface area contributed by atoms with Gasteiger partial charge in [0.2, 0.25) is 42.8 Å². The van der Waals surface area contributed by atoms with E-state index in [4.69, 9.17) is 92.3 Å². The van der Waals surface area contributed by atoms with Crippen LogP contribution in [0.1, 0.15) is 0 Å². The quantitative estimate of drug-likeness (QED) is 0.110. The van der Waals surface area contributed by atoms with Crippen molar-refractivity contribution in [1.29, 1.82) is 0 Å². The number of quaternary nitrogens is 6. The average molecular weight is 543 g/mol. The summed E-state index contributed by atoms with van der Waals surface area (Å²) in [5.41, 5.74) is 0. The van der Waals surface area contributed by atoms with E-state index in [1.54, 1.807) is 0 Å². The van der Waals surface area contributed by atoms with Gasteiger partial charge in [-0.2, -0.15) is 0 Å². The first kappa shape index (κ1) is 22.4. The Labute approximate surface area is 166 Å². The van der Waals surface area contributed by atoms with Crippen molar-refractivity contribution in [1.82, 2.24) is 5.39 Å². The minimum Gasteiger partial charge on any atom is -0.107 e. The van der Waals surface area contributed by atoms with Gasteiger partial charge in [0.15, 0.2) is 9.88 Å². The third-order valence-electron chi connectivity index (χ3n) is 2.51. The molecular formula is C2H18IN13O12+6. The fourth-order valence-corrected chi connectivity index (χ4v) is 1.76. The van der Waals surface area contributed by atoms with Crippen molar-refractivity contribution >= 4 is 23.0 Å². The summed E-state index contributed by atoms with van der Waals surface area (Å²) in [6, 6.07) is 0. The van der Waals surface area contributed by atoms with Gasteiger partial charge in [-0.1, -0.05) is 35.1 Å². The largest absolute Gasteiger partial charge is 0.359 e. The lowest BCUT2D eigenvalue weighted by Gasteiger charge is -2.35. The van der Waals surface area contributed by atoms with Crippen LogP contribution < -0.4 is 35.1 Å². The van der Waals surface area contributed by atoms with Gasteiger partial charge in [-0.05, 0) is 3.17 Å². The van der Waals surface area contributed by atoms with Crippen molar-refractivity contribution < 1.29 is 87.8 Å². The first-order valence-corrected chi connectivity index (χ1v) is 7.23. The molecule has 28 heavy (non-hydrogen) atoms. The lowest BCUT2D eigenvalue weighted by Crippen LogP contribution is -2.86. The van der Waals surface area contributed by atoms with Crippen molar-refractivity contribution in [2.24, 2.45) is 35.1 Å². The summed E-state index contributed by atoms with van der Waals surface area (Å²) in [6.07, 6.45) is 0. The molecule has 0 aromatic rings. The van der Waals surface area contributed by atoms with Crippen LogP contribution in [0.25, 0.3) is 0 Å². The molecule has 0 radical (unpaired) electrons. The Hall–Kier alpha value is -0.270. The van der Waals surface area contributed by atoms with Crippen LogP contribution in [-0.2, 0) is 57.3 Å². The van der Waals surface area contributed by atoms with E-state index in [2.05, 4.69) is 0 Å². The standard InChI is InChI=1S/C2H18IN13O12/c1-17-11(4)20-10-21-13(6,19-3)26-16(9)25-12(5,18-2)24-15(8,23-11)27-14(7,22-10)28-16/h4-9H2,1-2H3/q+6. The van der Waals surface area contributed by atoms with Crippen LogP contribution in [0.15, 0.2) is 0 Å². The second-order valence-electron chi connectivity index (χ2n) is 4.63. The number of hydrogen-bond donors (Lipinski definition) is 6. The lowest BCUT2D eigenvalue weighted by atomic mass is 11.7. The number of nitrogens with zero attached hydrogens (tertiary/aromatic N) is 7. The van der Waals surface area contributed by atoms with Gasteiger partial charge in [-0.3, -0.25) is 0 Å². The number of hydrogen-bond acceptors (Lipinski definition) is 19. The maximum atomic E-state index is 5.70. The van der Waals surface area contributed by atoms with Crippen LogP contribution in [0.5, 0.6) is 0 Å². The van der Waals surface area contributed by atoms with Crippen molar-refractivity contribution in [3.05, 3.63) is 0 Å².